The number of aromatic nitrogens is 3. The summed E-state index contributed by atoms with van der Waals surface area (Å²) in [6.07, 6.45) is 3.17. The smallest absolute Gasteiger partial charge is 0.346 e. The van der Waals surface area contributed by atoms with Gasteiger partial charge in [-0.25, -0.2) is 14.8 Å². The first-order valence-electron chi connectivity index (χ1n) is 11.2. The number of carbonyl (C=O) groups excluding carboxylic acids is 1. The summed E-state index contributed by atoms with van der Waals surface area (Å²) in [6, 6.07) is 9.60. The molecule has 1 N–H and O–H groups in total. The number of benzene rings is 1. The van der Waals surface area contributed by atoms with Crippen LogP contribution in [-0.4, -0.2) is 58.4 Å². The monoisotopic (exact) mass is 451 g/mol. The Hall–Kier alpha value is -3.46. The van der Waals surface area contributed by atoms with E-state index in [1.54, 1.807) is 6.92 Å². The molecule has 0 amide bonds. The van der Waals surface area contributed by atoms with Gasteiger partial charge in [-0.15, -0.1) is 4.73 Å². The molecule has 0 aliphatic carbocycles. The Bertz CT molecular complexity index is 1190. The summed E-state index contributed by atoms with van der Waals surface area (Å²) in [4.78, 5) is 43.4. The summed E-state index contributed by atoms with van der Waals surface area (Å²) in [5, 5.41) is 4.03. The molecule has 33 heavy (non-hydrogen) atoms. The maximum absolute atomic E-state index is 13.6. The number of nitrogens with zero attached hydrogens (tertiary/aromatic N) is 4. The van der Waals surface area contributed by atoms with E-state index in [2.05, 4.69) is 27.2 Å². The molecule has 0 spiro atoms. The van der Waals surface area contributed by atoms with Crippen LogP contribution in [0.15, 0.2) is 41.5 Å². The van der Waals surface area contributed by atoms with Crippen LogP contribution in [0.3, 0.4) is 0 Å². The molecule has 9 nitrogen and oxygen atoms in total. The predicted octanol–water partition coefficient (Wildman–Crippen LogP) is 2.41. The number of ether oxygens (including phenoxy) is 1. The highest BCUT2D eigenvalue weighted by Crippen LogP contribution is 2.29. The Morgan fingerprint density at radius 1 is 1.18 bits per heavy atom. The third kappa shape index (κ3) is 4.83. The number of anilines is 1. The number of carbonyl (C=O) groups is 1. The molecule has 1 aromatic carbocycles. The van der Waals surface area contributed by atoms with E-state index in [1.807, 2.05) is 37.3 Å². The lowest BCUT2D eigenvalue weighted by Gasteiger charge is -2.31. The molecule has 1 saturated heterocycles. The van der Waals surface area contributed by atoms with Gasteiger partial charge in [0.05, 0.1) is 23.4 Å². The van der Waals surface area contributed by atoms with E-state index in [0.717, 1.165) is 36.2 Å². The van der Waals surface area contributed by atoms with Gasteiger partial charge in [0.1, 0.15) is 12.9 Å². The third-order valence-corrected chi connectivity index (χ3v) is 5.86. The largest absolute Gasteiger partial charge is 0.462 e. The molecular formula is C24H29N5O4. The van der Waals surface area contributed by atoms with Crippen LogP contribution in [0, 0.1) is 6.92 Å². The Kier molecular flexibility index (Phi) is 6.88. The highest BCUT2D eigenvalue weighted by Gasteiger charge is 2.28. The molecule has 3 aromatic rings. The van der Waals surface area contributed by atoms with Gasteiger partial charge in [0.25, 0.3) is 0 Å². The lowest BCUT2D eigenvalue weighted by Crippen LogP contribution is -2.39. The van der Waals surface area contributed by atoms with E-state index in [0.29, 0.717) is 22.4 Å². The maximum atomic E-state index is 13.6. The van der Waals surface area contributed by atoms with E-state index in [1.165, 1.54) is 6.33 Å². The standard InChI is InChI=1S/C24H29N5O4/c1-4-32-24(31)20-21(27-18-10-12-28(3)13-11-18)19-16(2)25-15-26-22(19)29(23(20)30)33-14-17-8-6-5-7-9-17/h5-9,15,18,27H,4,10-14H2,1-3H3. The van der Waals surface area contributed by atoms with Crippen molar-refractivity contribution in [1.29, 1.82) is 0 Å². The van der Waals surface area contributed by atoms with Crippen LogP contribution in [0.4, 0.5) is 5.69 Å². The maximum Gasteiger partial charge on any atom is 0.346 e. The second kappa shape index (κ2) is 9.99. The molecule has 0 bridgehead atoms. The second-order valence-corrected chi connectivity index (χ2v) is 8.21. The Morgan fingerprint density at radius 3 is 2.61 bits per heavy atom. The molecular weight excluding hydrogens is 422 g/mol. The first-order chi connectivity index (χ1) is 16.0. The van der Waals surface area contributed by atoms with E-state index in [4.69, 9.17) is 9.57 Å². The highest BCUT2D eigenvalue weighted by molar-refractivity contribution is 6.05. The number of esters is 1. The van der Waals surface area contributed by atoms with Gasteiger partial charge in [-0.05, 0) is 52.4 Å². The lowest BCUT2D eigenvalue weighted by molar-refractivity contribution is 0.0513. The van der Waals surface area contributed by atoms with Crippen LogP contribution in [0.5, 0.6) is 0 Å². The van der Waals surface area contributed by atoms with Crippen LogP contribution >= 0.6 is 0 Å². The molecule has 1 aliphatic heterocycles. The minimum atomic E-state index is -0.694. The lowest BCUT2D eigenvalue weighted by atomic mass is 10.0. The Morgan fingerprint density at radius 2 is 1.91 bits per heavy atom. The zero-order chi connectivity index (χ0) is 23.4. The van der Waals surface area contributed by atoms with Crippen molar-refractivity contribution in [3.63, 3.8) is 0 Å². The first-order valence-corrected chi connectivity index (χ1v) is 11.2. The normalized spacial score (nSPS) is 14.9. The number of rotatable bonds is 7. The van der Waals surface area contributed by atoms with Crippen molar-refractivity contribution in [2.24, 2.45) is 0 Å². The number of likely N-dealkylation sites (tertiary alicyclic amines) is 1. The minimum absolute atomic E-state index is 0.0887. The van der Waals surface area contributed by atoms with Crippen LogP contribution in [-0.2, 0) is 11.3 Å². The molecule has 0 unspecified atom stereocenters. The van der Waals surface area contributed by atoms with Crippen molar-refractivity contribution in [3.05, 3.63) is 63.8 Å². The van der Waals surface area contributed by atoms with Gasteiger partial charge >= 0.3 is 11.5 Å². The van der Waals surface area contributed by atoms with E-state index in [9.17, 15) is 9.59 Å². The summed E-state index contributed by atoms with van der Waals surface area (Å²) in [7, 11) is 2.08. The van der Waals surface area contributed by atoms with Crippen molar-refractivity contribution in [1.82, 2.24) is 19.6 Å². The van der Waals surface area contributed by atoms with E-state index in [-0.39, 0.29) is 24.8 Å². The summed E-state index contributed by atoms with van der Waals surface area (Å²) in [6.45, 7) is 5.68. The highest BCUT2D eigenvalue weighted by atomic mass is 16.7. The molecule has 2 aromatic heterocycles. The zero-order valence-electron chi connectivity index (χ0n) is 19.2. The van der Waals surface area contributed by atoms with Crippen LogP contribution in [0.25, 0.3) is 11.0 Å². The molecule has 0 atom stereocenters. The summed E-state index contributed by atoms with van der Waals surface area (Å²) < 4.78 is 6.35. The molecule has 3 heterocycles. The Balaban J connectivity index is 1.85. The quantitative estimate of drug-likeness (QED) is 0.547. The average molecular weight is 452 g/mol. The topological polar surface area (TPSA) is 98.6 Å². The predicted molar refractivity (Wildman–Crippen MR) is 125 cm³/mol. The fourth-order valence-electron chi connectivity index (χ4n) is 4.06. The number of piperidine rings is 1. The van der Waals surface area contributed by atoms with Gasteiger partial charge in [-0.1, -0.05) is 30.3 Å². The van der Waals surface area contributed by atoms with Crippen molar-refractivity contribution >= 4 is 22.7 Å². The van der Waals surface area contributed by atoms with Gasteiger partial charge < -0.3 is 19.8 Å². The molecule has 1 aliphatic rings. The molecule has 0 saturated carbocycles. The SMILES string of the molecule is CCOC(=O)c1c(NC2CCN(C)CC2)c2c(C)ncnc2n(OCc2ccccc2)c1=O. The van der Waals surface area contributed by atoms with Crippen molar-refractivity contribution < 1.29 is 14.4 Å². The van der Waals surface area contributed by atoms with Gasteiger partial charge in [0.2, 0.25) is 0 Å². The minimum Gasteiger partial charge on any atom is -0.462 e. The second-order valence-electron chi connectivity index (χ2n) is 8.21. The molecule has 4 rings (SSSR count). The van der Waals surface area contributed by atoms with Crippen molar-refractivity contribution in [3.8, 4) is 0 Å². The van der Waals surface area contributed by atoms with Crippen molar-refractivity contribution in [2.75, 3.05) is 32.1 Å². The van der Waals surface area contributed by atoms with E-state index < -0.39 is 11.5 Å². The van der Waals surface area contributed by atoms with Gasteiger partial charge in [0.15, 0.2) is 11.2 Å². The van der Waals surface area contributed by atoms with Crippen molar-refractivity contribution in [2.45, 2.75) is 39.3 Å². The molecule has 9 heteroatoms. The Labute approximate surface area is 192 Å². The van der Waals surface area contributed by atoms with Gasteiger partial charge in [-0.2, -0.15) is 0 Å². The van der Waals surface area contributed by atoms with Crippen LogP contribution in [0.1, 0.15) is 41.4 Å². The summed E-state index contributed by atoms with van der Waals surface area (Å²) in [5.41, 5.74) is 1.56. The van der Waals surface area contributed by atoms with Crippen LogP contribution in [0.2, 0.25) is 0 Å². The molecule has 1 fully saturated rings. The fraction of sp³-hybridized carbons (Fsp3) is 0.417. The van der Waals surface area contributed by atoms with Crippen LogP contribution < -0.4 is 15.7 Å². The number of fused-ring (bicyclic) bond motifs is 1. The number of hydrogen-bond donors (Lipinski definition) is 1. The first kappa shape index (κ1) is 22.7. The van der Waals surface area contributed by atoms with Gasteiger partial charge in [-0.3, -0.25) is 4.79 Å². The number of hydrogen-bond acceptors (Lipinski definition) is 8. The fourth-order valence-corrected chi connectivity index (χ4v) is 4.06. The molecule has 0 radical (unpaired) electrons. The number of nitrogens with one attached hydrogen (secondary N) is 1. The molecule has 174 valence electrons. The summed E-state index contributed by atoms with van der Waals surface area (Å²) in [5.74, 6) is -0.694. The van der Waals surface area contributed by atoms with E-state index >= 15 is 0 Å². The summed E-state index contributed by atoms with van der Waals surface area (Å²) >= 11 is 0. The average Bonchev–Trinajstić information content (AvgIpc) is 2.81. The third-order valence-electron chi connectivity index (χ3n) is 5.86. The zero-order valence-corrected chi connectivity index (χ0v) is 19.2. The van der Waals surface area contributed by atoms with Gasteiger partial charge in [0, 0.05) is 6.04 Å². The number of aryl methyl sites for hydroxylation is 1. The number of pyridine rings is 1.